The van der Waals surface area contributed by atoms with Crippen molar-refractivity contribution >= 4 is 0 Å². The van der Waals surface area contributed by atoms with Gasteiger partial charge in [0.1, 0.15) is 0 Å². The van der Waals surface area contributed by atoms with Gasteiger partial charge in [0, 0.05) is 19.6 Å². The minimum atomic E-state index is 0.225. The quantitative estimate of drug-likeness (QED) is 0.826. The predicted octanol–water partition coefficient (Wildman–Crippen LogP) is 2.53. The van der Waals surface area contributed by atoms with E-state index >= 15 is 0 Å². The number of rotatable bonds is 5. The van der Waals surface area contributed by atoms with Crippen molar-refractivity contribution in [1.82, 2.24) is 4.90 Å². The molecule has 0 aromatic heterocycles. The Morgan fingerprint density at radius 3 is 2.25 bits per heavy atom. The van der Waals surface area contributed by atoms with Gasteiger partial charge in [-0.3, -0.25) is 4.90 Å². The van der Waals surface area contributed by atoms with Crippen molar-refractivity contribution in [2.75, 3.05) is 19.7 Å². The highest BCUT2D eigenvalue weighted by Gasteiger charge is 2.16. The minimum absolute atomic E-state index is 0.225. The fourth-order valence-corrected chi connectivity index (χ4v) is 1.87. The van der Waals surface area contributed by atoms with Crippen LogP contribution in [0.2, 0.25) is 0 Å². The molecule has 0 atom stereocenters. The molecule has 2 nitrogen and oxygen atoms in total. The van der Waals surface area contributed by atoms with E-state index in [1.54, 1.807) is 0 Å². The third-order valence-corrected chi connectivity index (χ3v) is 2.36. The molecule has 2 heteroatoms. The van der Waals surface area contributed by atoms with E-state index in [2.05, 4.69) is 49.9 Å². The van der Waals surface area contributed by atoms with E-state index in [1.165, 1.54) is 5.56 Å². The lowest BCUT2D eigenvalue weighted by Crippen LogP contribution is -2.34. The highest BCUT2D eigenvalue weighted by atomic mass is 16.3. The molecule has 0 aliphatic carbocycles. The summed E-state index contributed by atoms with van der Waals surface area (Å²) in [5, 5.41) is 9.07. The van der Waals surface area contributed by atoms with Crippen LogP contribution in [0.3, 0.4) is 0 Å². The smallest absolute Gasteiger partial charge is 0.0558 e. The lowest BCUT2D eigenvalue weighted by molar-refractivity contribution is 0.146. The van der Waals surface area contributed by atoms with Gasteiger partial charge in [0.15, 0.2) is 0 Å². The Hall–Kier alpha value is -0.860. The van der Waals surface area contributed by atoms with Gasteiger partial charge in [-0.1, -0.05) is 51.1 Å². The number of hydrogen-bond donors (Lipinski definition) is 1. The second-order valence-electron chi connectivity index (χ2n) is 5.48. The molecule has 1 rings (SSSR count). The van der Waals surface area contributed by atoms with Gasteiger partial charge in [-0.05, 0) is 11.0 Å². The van der Waals surface area contributed by atoms with E-state index in [9.17, 15) is 0 Å². The summed E-state index contributed by atoms with van der Waals surface area (Å²) in [6, 6.07) is 10.4. The van der Waals surface area contributed by atoms with Crippen molar-refractivity contribution < 1.29 is 5.11 Å². The summed E-state index contributed by atoms with van der Waals surface area (Å²) in [5.74, 6) is 0. The summed E-state index contributed by atoms with van der Waals surface area (Å²) in [4.78, 5) is 2.30. The molecule has 0 amide bonds. The number of nitrogens with zero attached hydrogens (tertiary/aromatic N) is 1. The molecule has 0 aliphatic rings. The Kier molecular flexibility index (Phi) is 4.97. The Balaban J connectivity index is 2.58. The Bertz CT molecular complexity index is 289. The average molecular weight is 221 g/mol. The highest BCUT2D eigenvalue weighted by Crippen LogP contribution is 2.16. The Morgan fingerprint density at radius 1 is 1.12 bits per heavy atom. The maximum atomic E-state index is 9.07. The molecule has 0 saturated heterocycles. The molecule has 0 bridgehead atoms. The van der Waals surface area contributed by atoms with Crippen LogP contribution >= 0.6 is 0 Å². The van der Waals surface area contributed by atoms with Gasteiger partial charge < -0.3 is 5.11 Å². The number of aliphatic hydroxyl groups excluding tert-OH is 1. The van der Waals surface area contributed by atoms with Gasteiger partial charge in [0.05, 0.1) is 6.61 Å². The van der Waals surface area contributed by atoms with Crippen molar-refractivity contribution in [3.05, 3.63) is 35.9 Å². The molecule has 16 heavy (non-hydrogen) atoms. The third-order valence-electron chi connectivity index (χ3n) is 2.36. The van der Waals surface area contributed by atoms with Crippen LogP contribution in [0.1, 0.15) is 26.3 Å². The first-order valence-electron chi connectivity index (χ1n) is 5.88. The molecule has 0 spiro atoms. The van der Waals surface area contributed by atoms with Gasteiger partial charge in [-0.25, -0.2) is 0 Å². The first-order valence-corrected chi connectivity index (χ1v) is 5.88. The summed E-state index contributed by atoms with van der Waals surface area (Å²) < 4.78 is 0. The SMILES string of the molecule is CC(C)(C)CN(CCO)Cc1ccccc1. The first kappa shape index (κ1) is 13.2. The second kappa shape index (κ2) is 6.02. The van der Waals surface area contributed by atoms with E-state index in [4.69, 9.17) is 5.11 Å². The van der Waals surface area contributed by atoms with Crippen LogP contribution in [0.15, 0.2) is 30.3 Å². The van der Waals surface area contributed by atoms with Crippen LogP contribution in [0.5, 0.6) is 0 Å². The summed E-state index contributed by atoms with van der Waals surface area (Å²) in [7, 11) is 0. The molecule has 0 saturated carbocycles. The zero-order chi connectivity index (χ0) is 12.0. The topological polar surface area (TPSA) is 23.5 Å². The maximum Gasteiger partial charge on any atom is 0.0558 e. The maximum absolute atomic E-state index is 9.07. The average Bonchev–Trinajstić information content (AvgIpc) is 2.17. The van der Waals surface area contributed by atoms with Crippen molar-refractivity contribution in [2.24, 2.45) is 5.41 Å². The van der Waals surface area contributed by atoms with Crippen LogP contribution in [0, 0.1) is 5.41 Å². The molecule has 0 fully saturated rings. The molecular formula is C14H23NO. The molecule has 1 aromatic carbocycles. The Labute approximate surface area is 98.9 Å². The molecule has 0 radical (unpaired) electrons. The fraction of sp³-hybridized carbons (Fsp3) is 0.571. The van der Waals surface area contributed by atoms with Crippen molar-refractivity contribution in [1.29, 1.82) is 0 Å². The Morgan fingerprint density at radius 2 is 1.75 bits per heavy atom. The highest BCUT2D eigenvalue weighted by molar-refractivity contribution is 5.14. The van der Waals surface area contributed by atoms with Crippen LogP contribution in [0.4, 0.5) is 0 Å². The lowest BCUT2D eigenvalue weighted by Gasteiger charge is -2.29. The fourth-order valence-electron chi connectivity index (χ4n) is 1.87. The summed E-state index contributed by atoms with van der Waals surface area (Å²) in [6.45, 7) is 9.56. The molecule has 1 N–H and O–H groups in total. The molecule has 0 aliphatic heterocycles. The van der Waals surface area contributed by atoms with E-state index in [1.807, 2.05) is 6.07 Å². The minimum Gasteiger partial charge on any atom is -0.395 e. The van der Waals surface area contributed by atoms with E-state index in [0.29, 0.717) is 0 Å². The second-order valence-corrected chi connectivity index (χ2v) is 5.48. The standard InChI is InChI=1S/C14H23NO/c1-14(2,3)12-15(9-10-16)11-13-7-5-4-6-8-13/h4-8,16H,9-12H2,1-3H3. The summed E-state index contributed by atoms with van der Waals surface area (Å²) >= 11 is 0. The van der Waals surface area contributed by atoms with Crippen LogP contribution in [-0.2, 0) is 6.54 Å². The normalized spacial score (nSPS) is 12.1. The van der Waals surface area contributed by atoms with Gasteiger partial charge >= 0.3 is 0 Å². The molecule has 0 heterocycles. The number of hydrogen-bond acceptors (Lipinski definition) is 2. The number of aliphatic hydroxyl groups is 1. The van der Waals surface area contributed by atoms with Gasteiger partial charge in [-0.15, -0.1) is 0 Å². The molecule has 0 unspecified atom stereocenters. The summed E-state index contributed by atoms with van der Waals surface area (Å²) in [6.07, 6.45) is 0. The van der Waals surface area contributed by atoms with Crippen LogP contribution < -0.4 is 0 Å². The van der Waals surface area contributed by atoms with Gasteiger partial charge in [-0.2, -0.15) is 0 Å². The lowest BCUT2D eigenvalue weighted by atomic mass is 9.96. The number of benzene rings is 1. The predicted molar refractivity (Wildman–Crippen MR) is 68.3 cm³/mol. The monoisotopic (exact) mass is 221 g/mol. The van der Waals surface area contributed by atoms with Crippen LogP contribution in [-0.4, -0.2) is 29.7 Å². The molecule has 1 aromatic rings. The first-order chi connectivity index (χ1) is 7.51. The van der Waals surface area contributed by atoms with Crippen molar-refractivity contribution in [3.8, 4) is 0 Å². The van der Waals surface area contributed by atoms with E-state index in [0.717, 1.165) is 19.6 Å². The van der Waals surface area contributed by atoms with Gasteiger partial charge in [0.2, 0.25) is 0 Å². The van der Waals surface area contributed by atoms with Gasteiger partial charge in [0.25, 0.3) is 0 Å². The van der Waals surface area contributed by atoms with Crippen molar-refractivity contribution in [2.45, 2.75) is 27.3 Å². The van der Waals surface area contributed by atoms with E-state index in [-0.39, 0.29) is 12.0 Å². The zero-order valence-electron chi connectivity index (χ0n) is 10.6. The zero-order valence-corrected chi connectivity index (χ0v) is 10.6. The summed E-state index contributed by atoms with van der Waals surface area (Å²) in [5.41, 5.74) is 1.57. The van der Waals surface area contributed by atoms with E-state index < -0.39 is 0 Å². The molecule has 90 valence electrons. The third kappa shape index (κ3) is 5.29. The van der Waals surface area contributed by atoms with Crippen molar-refractivity contribution in [3.63, 3.8) is 0 Å². The largest absolute Gasteiger partial charge is 0.395 e. The molecular weight excluding hydrogens is 198 g/mol. The van der Waals surface area contributed by atoms with Crippen LogP contribution in [0.25, 0.3) is 0 Å².